The van der Waals surface area contributed by atoms with E-state index in [2.05, 4.69) is 16.5 Å². The van der Waals surface area contributed by atoms with E-state index in [1.165, 1.54) is 6.42 Å². The van der Waals surface area contributed by atoms with Crippen molar-refractivity contribution in [2.24, 2.45) is 0 Å². The lowest BCUT2D eigenvalue weighted by Gasteiger charge is -2.25. The second-order valence-corrected chi connectivity index (χ2v) is 7.43. The van der Waals surface area contributed by atoms with Crippen molar-refractivity contribution in [3.63, 3.8) is 0 Å². The summed E-state index contributed by atoms with van der Waals surface area (Å²) in [5.41, 5.74) is 1.09. The summed E-state index contributed by atoms with van der Waals surface area (Å²) in [6.07, 6.45) is 6.20. The van der Waals surface area contributed by atoms with Gasteiger partial charge in [-0.15, -0.1) is 0 Å². The molecular formula is C17H28N2O3S. The molecule has 1 aliphatic rings. The fourth-order valence-electron chi connectivity index (χ4n) is 2.99. The first-order valence-electron chi connectivity index (χ1n) is 8.57. The Bertz CT molecular complexity index is 542. The molecule has 2 rings (SSSR count). The van der Waals surface area contributed by atoms with E-state index in [0.29, 0.717) is 6.54 Å². The highest BCUT2D eigenvalue weighted by atomic mass is 32.2. The van der Waals surface area contributed by atoms with Gasteiger partial charge < -0.3 is 4.90 Å². The monoisotopic (exact) mass is 340 g/mol. The Kier molecular flexibility index (Phi) is 7.33. The summed E-state index contributed by atoms with van der Waals surface area (Å²) in [6, 6.07) is 10.0. The number of anilines is 1. The lowest BCUT2D eigenvalue weighted by Crippen LogP contribution is -2.38. The third-order valence-electron chi connectivity index (χ3n) is 4.13. The van der Waals surface area contributed by atoms with Crippen molar-refractivity contribution in [2.75, 3.05) is 24.6 Å². The minimum Gasteiger partial charge on any atom is -0.369 e. The van der Waals surface area contributed by atoms with Gasteiger partial charge in [0.25, 0.3) is 0 Å². The molecule has 0 unspecified atom stereocenters. The molecular weight excluding hydrogens is 312 g/mol. The Morgan fingerprint density at radius 1 is 1.13 bits per heavy atom. The molecule has 1 saturated carbocycles. The molecule has 130 valence electrons. The van der Waals surface area contributed by atoms with Gasteiger partial charge in [-0.3, -0.25) is 4.18 Å². The van der Waals surface area contributed by atoms with Gasteiger partial charge in [0, 0.05) is 24.8 Å². The Labute approximate surface area is 140 Å². The van der Waals surface area contributed by atoms with Gasteiger partial charge in [0.1, 0.15) is 0 Å². The lowest BCUT2D eigenvalue weighted by atomic mass is 9.96. The second kappa shape index (κ2) is 9.25. The van der Waals surface area contributed by atoms with Crippen molar-refractivity contribution in [2.45, 2.75) is 51.5 Å². The van der Waals surface area contributed by atoms with Crippen LogP contribution in [-0.4, -0.2) is 34.2 Å². The first-order valence-corrected chi connectivity index (χ1v) is 9.98. The van der Waals surface area contributed by atoms with Gasteiger partial charge in [0.15, 0.2) is 0 Å². The Morgan fingerprint density at radius 2 is 1.83 bits per heavy atom. The summed E-state index contributed by atoms with van der Waals surface area (Å²) in [5, 5.41) is 0. The van der Waals surface area contributed by atoms with E-state index in [1.807, 2.05) is 30.3 Å². The molecule has 0 heterocycles. The molecule has 1 aliphatic carbocycles. The van der Waals surface area contributed by atoms with E-state index in [-0.39, 0.29) is 12.6 Å². The standard InChI is InChI=1S/C17H28N2O3S/c1-2-13-19(17-11-7-4-8-12-17)14-15-22-23(20,21)18-16-9-5-3-6-10-16/h4,7-8,11-12,16,18H,2-3,5-6,9-10,13-15H2,1H3. The van der Waals surface area contributed by atoms with Crippen LogP contribution in [0.1, 0.15) is 45.4 Å². The van der Waals surface area contributed by atoms with Crippen LogP contribution in [0.25, 0.3) is 0 Å². The highest BCUT2D eigenvalue weighted by molar-refractivity contribution is 7.84. The molecule has 1 fully saturated rings. The van der Waals surface area contributed by atoms with Crippen molar-refractivity contribution in [3.8, 4) is 0 Å². The maximum Gasteiger partial charge on any atom is 0.336 e. The second-order valence-electron chi connectivity index (χ2n) is 6.05. The summed E-state index contributed by atoms with van der Waals surface area (Å²) in [7, 11) is -3.65. The molecule has 0 amide bonds. The van der Waals surface area contributed by atoms with Crippen LogP contribution in [-0.2, 0) is 14.5 Å². The van der Waals surface area contributed by atoms with Crippen LogP contribution < -0.4 is 9.62 Å². The molecule has 0 atom stereocenters. The normalized spacial score (nSPS) is 16.4. The minimum atomic E-state index is -3.65. The number of benzene rings is 1. The first-order chi connectivity index (χ1) is 11.1. The highest BCUT2D eigenvalue weighted by Crippen LogP contribution is 2.18. The topological polar surface area (TPSA) is 58.6 Å². The summed E-state index contributed by atoms with van der Waals surface area (Å²) in [6.45, 7) is 3.71. The number of hydrogen-bond acceptors (Lipinski definition) is 4. The van der Waals surface area contributed by atoms with E-state index in [0.717, 1.165) is 44.3 Å². The fourth-order valence-corrected chi connectivity index (χ4v) is 4.00. The van der Waals surface area contributed by atoms with Gasteiger partial charge in [-0.05, 0) is 31.4 Å². The predicted molar refractivity (Wildman–Crippen MR) is 93.8 cm³/mol. The number of para-hydroxylation sites is 1. The zero-order valence-electron chi connectivity index (χ0n) is 13.9. The smallest absolute Gasteiger partial charge is 0.336 e. The van der Waals surface area contributed by atoms with Crippen molar-refractivity contribution >= 4 is 16.0 Å². The Hall–Kier alpha value is -1.11. The Balaban J connectivity index is 1.81. The first kappa shape index (κ1) is 18.2. The fraction of sp³-hybridized carbons (Fsp3) is 0.647. The van der Waals surface area contributed by atoms with Crippen LogP contribution in [0.15, 0.2) is 30.3 Å². The van der Waals surface area contributed by atoms with Gasteiger partial charge in [0.05, 0.1) is 6.61 Å². The van der Waals surface area contributed by atoms with Gasteiger partial charge >= 0.3 is 10.3 Å². The third kappa shape index (κ3) is 6.49. The molecule has 0 aromatic heterocycles. The largest absolute Gasteiger partial charge is 0.369 e. The van der Waals surface area contributed by atoms with E-state index >= 15 is 0 Å². The van der Waals surface area contributed by atoms with E-state index in [9.17, 15) is 8.42 Å². The lowest BCUT2D eigenvalue weighted by molar-refractivity contribution is 0.304. The van der Waals surface area contributed by atoms with Crippen molar-refractivity contribution < 1.29 is 12.6 Å². The summed E-state index contributed by atoms with van der Waals surface area (Å²) in [5.74, 6) is 0. The Morgan fingerprint density at radius 3 is 2.48 bits per heavy atom. The van der Waals surface area contributed by atoms with Crippen LogP contribution in [0.4, 0.5) is 5.69 Å². The van der Waals surface area contributed by atoms with Crippen LogP contribution in [0.5, 0.6) is 0 Å². The SMILES string of the molecule is CCCN(CCOS(=O)(=O)NC1CCCCC1)c1ccccc1. The van der Waals surface area contributed by atoms with Crippen molar-refractivity contribution in [3.05, 3.63) is 30.3 Å². The summed E-state index contributed by atoms with van der Waals surface area (Å²) in [4.78, 5) is 2.15. The number of hydrogen-bond donors (Lipinski definition) is 1. The molecule has 0 aliphatic heterocycles. The van der Waals surface area contributed by atoms with E-state index < -0.39 is 10.3 Å². The molecule has 1 N–H and O–H groups in total. The predicted octanol–water partition coefficient (Wildman–Crippen LogP) is 3.09. The van der Waals surface area contributed by atoms with Crippen LogP contribution >= 0.6 is 0 Å². The van der Waals surface area contributed by atoms with Gasteiger partial charge in [0.2, 0.25) is 0 Å². The van der Waals surface area contributed by atoms with Crippen molar-refractivity contribution in [1.82, 2.24) is 4.72 Å². The van der Waals surface area contributed by atoms with E-state index in [1.54, 1.807) is 0 Å². The molecule has 1 aromatic rings. The highest BCUT2D eigenvalue weighted by Gasteiger charge is 2.20. The van der Waals surface area contributed by atoms with Crippen LogP contribution in [0, 0.1) is 0 Å². The number of nitrogens with one attached hydrogen (secondary N) is 1. The maximum absolute atomic E-state index is 12.0. The summed E-state index contributed by atoms with van der Waals surface area (Å²) < 4.78 is 31.9. The maximum atomic E-state index is 12.0. The van der Waals surface area contributed by atoms with Crippen molar-refractivity contribution in [1.29, 1.82) is 0 Å². The number of rotatable bonds is 9. The molecule has 0 saturated heterocycles. The van der Waals surface area contributed by atoms with E-state index in [4.69, 9.17) is 4.18 Å². The zero-order valence-corrected chi connectivity index (χ0v) is 14.7. The van der Waals surface area contributed by atoms with Gasteiger partial charge in [-0.1, -0.05) is 44.4 Å². The number of nitrogens with zero attached hydrogens (tertiary/aromatic N) is 1. The zero-order chi connectivity index (χ0) is 16.5. The molecule has 1 aromatic carbocycles. The average Bonchev–Trinajstić information content (AvgIpc) is 2.55. The summed E-state index contributed by atoms with van der Waals surface area (Å²) >= 11 is 0. The molecule has 6 heteroatoms. The van der Waals surface area contributed by atoms with Crippen LogP contribution in [0.2, 0.25) is 0 Å². The average molecular weight is 340 g/mol. The molecule has 0 spiro atoms. The molecule has 5 nitrogen and oxygen atoms in total. The van der Waals surface area contributed by atoms with Crippen LogP contribution in [0.3, 0.4) is 0 Å². The molecule has 0 radical (unpaired) electrons. The third-order valence-corrected chi connectivity index (χ3v) is 5.23. The quantitative estimate of drug-likeness (QED) is 0.750. The molecule has 0 bridgehead atoms. The van der Waals surface area contributed by atoms with Gasteiger partial charge in [-0.2, -0.15) is 13.1 Å². The molecule has 23 heavy (non-hydrogen) atoms. The van der Waals surface area contributed by atoms with Gasteiger partial charge in [-0.25, -0.2) is 0 Å². The minimum absolute atomic E-state index is 0.0367.